The predicted octanol–water partition coefficient (Wildman–Crippen LogP) is 3.62. The van der Waals surface area contributed by atoms with Crippen molar-refractivity contribution in [3.8, 4) is 11.5 Å². The summed E-state index contributed by atoms with van der Waals surface area (Å²) in [5, 5.41) is 3.36. The molecule has 0 unspecified atom stereocenters. The Bertz CT molecular complexity index is 852. The van der Waals surface area contributed by atoms with Crippen molar-refractivity contribution in [2.45, 2.75) is 45.4 Å². The highest BCUT2D eigenvalue weighted by Gasteiger charge is 2.39. The van der Waals surface area contributed by atoms with Crippen LogP contribution in [0, 0.1) is 0 Å². The standard InChI is InChI=1S/C22H27NO5/c1-5-14-21(22(25)28-6-2)19(20-15(23-14)8-7-9-16(20)24)13-10-11-17(26-3)18(12-13)27-4/h10-12,19,23H,5-9H2,1-4H3/t19-/m0/s1. The SMILES string of the molecule is CCOC(=O)C1=C(CC)NC2=C(C(=O)CCC2)[C@@H]1c1ccc(OC)c(OC)c1. The highest BCUT2D eigenvalue weighted by Crippen LogP contribution is 2.44. The lowest BCUT2D eigenvalue weighted by Gasteiger charge is -2.35. The van der Waals surface area contributed by atoms with Crippen LogP contribution in [0.5, 0.6) is 11.5 Å². The number of esters is 1. The molecule has 0 bridgehead atoms. The van der Waals surface area contributed by atoms with E-state index in [-0.39, 0.29) is 12.4 Å². The van der Waals surface area contributed by atoms with Crippen molar-refractivity contribution >= 4 is 11.8 Å². The molecule has 0 saturated carbocycles. The van der Waals surface area contributed by atoms with Crippen LogP contribution in [-0.2, 0) is 14.3 Å². The van der Waals surface area contributed by atoms with Crippen molar-refractivity contribution in [2.75, 3.05) is 20.8 Å². The number of ether oxygens (including phenoxy) is 3. The fourth-order valence-electron chi connectivity index (χ4n) is 3.99. The van der Waals surface area contributed by atoms with Crippen LogP contribution in [0.4, 0.5) is 0 Å². The highest BCUT2D eigenvalue weighted by molar-refractivity contribution is 6.03. The summed E-state index contributed by atoms with van der Waals surface area (Å²) < 4.78 is 16.1. The number of nitrogens with one attached hydrogen (secondary N) is 1. The molecular formula is C22H27NO5. The number of dihydropyridines is 1. The topological polar surface area (TPSA) is 73.9 Å². The van der Waals surface area contributed by atoms with Gasteiger partial charge in [0.1, 0.15) is 0 Å². The van der Waals surface area contributed by atoms with Gasteiger partial charge in [-0.25, -0.2) is 4.79 Å². The van der Waals surface area contributed by atoms with Crippen LogP contribution >= 0.6 is 0 Å². The van der Waals surface area contributed by atoms with E-state index in [9.17, 15) is 9.59 Å². The molecule has 6 nitrogen and oxygen atoms in total. The number of methoxy groups -OCH3 is 2. The molecule has 1 aliphatic carbocycles. The van der Waals surface area contributed by atoms with Gasteiger partial charge in [-0.15, -0.1) is 0 Å². The van der Waals surface area contributed by atoms with Crippen LogP contribution in [0.25, 0.3) is 0 Å². The second kappa shape index (κ2) is 8.50. The minimum Gasteiger partial charge on any atom is -0.493 e. The first-order valence-corrected chi connectivity index (χ1v) is 9.70. The highest BCUT2D eigenvalue weighted by atomic mass is 16.5. The van der Waals surface area contributed by atoms with E-state index in [1.807, 2.05) is 19.1 Å². The zero-order valence-electron chi connectivity index (χ0n) is 16.9. The lowest BCUT2D eigenvalue weighted by molar-refractivity contribution is -0.138. The van der Waals surface area contributed by atoms with E-state index < -0.39 is 11.9 Å². The number of hydrogen-bond acceptors (Lipinski definition) is 6. The third kappa shape index (κ3) is 3.51. The molecule has 1 atom stereocenters. The van der Waals surface area contributed by atoms with Gasteiger partial charge >= 0.3 is 5.97 Å². The van der Waals surface area contributed by atoms with Gasteiger partial charge in [-0.3, -0.25) is 4.79 Å². The molecule has 28 heavy (non-hydrogen) atoms. The number of carbonyl (C=O) groups is 2. The van der Waals surface area contributed by atoms with Gasteiger partial charge in [0.15, 0.2) is 17.3 Å². The molecule has 3 rings (SSSR count). The molecule has 0 radical (unpaired) electrons. The van der Waals surface area contributed by atoms with Crippen LogP contribution in [0.15, 0.2) is 40.7 Å². The summed E-state index contributed by atoms with van der Waals surface area (Å²) in [4.78, 5) is 25.8. The molecule has 0 spiro atoms. The van der Waals surface area contributed by atoms with Gasteiger partial charge in [0.25, 0.3) is 0 Å². The molecule has 1 aliphatic heterocycles. The number of hydrogen-bond donors (Lipinski definition) is 1. The fraction of sp³-hybridized carbons (Fsp3) is 0.455. The zero-order chi connectivity index (χ0) is 20.3. The lowest BCUT2D eigenvalue weighted by Crippen LogP contribution is -2.35. The van der Waals surface area contributed by atoms with Crippen LogP contribution < -0.4 is 14.8 Å². The van der Waals surface area contributed by atoms with Gasteiger partial charge in [0.05, 0.1) is 26.4 Å². The zero-order valence-corrected chi connectivity index (χ0v) is 16.9. The van der Waals surface area contributed by atoms with Crippen molar-refractivity contribution in [2.24, 2.45) is 0 Å². The normalized spacial score (nSPS) is 19.1. The molecule has 1 aromatic carbocycles. The quantitative estimate of drug-likeness (QED) is 0.754. The van der Waals surface area contributed by atoms with Gasteiger partial charge in [-0.2, -0.15) is 0 Å². The maximum atomic E-state index is 12.9. The molecule has 0 aromatic heterocycles. The average Bonchev–Trinajstić information content (AvgIpc) is 2.72. The summed E-state index contributed by atoms with van der Waals surface area (Å²) >= 11 is 0. The largest absolute Gasteiger partial charge is 0.493 e. The Hall–Kier alpha value is -2.76. The summed E-state index contributed by atoms with van der Waals surface area (Å²) in [6, 6.07) is 5.53. The van der Waals surface area contributed by atoms with Crippen molar-refractivity contribution in [1.82, 2.24) is 5.32 Å². The first-order chi connectivity index (χ1) is 13.5. The van der Waals surface area contributed by atoms with E-state index in [2.05, 4.69) is 5.32 Å². The van der Waals surface area contributed by atoms with Gasteiger partial charge in [-0.1, -0.05) is 13.0 Å². The van der Waals surface area contributed by atoms with Gasteiger partial charge in [-0.05, 0) is 43.9 Å². The monoisotopic (exact) mass is 385 g/mol. The molecule has 1 aromatic rings. The van der Waals surface area contributed by atoms with E-state index >= 15 is 0 Å². The Morgan fingerprint density at radius 1 is 1.14 bits per heavy atom. The van der Waals surface area contributed by atoms with Crippen LogP contribution in [0.1, 0.15) is 51.0 Å². The second-order valence-corrected chi connectivity index (χ2v) is 6.81. The summed E-state index contributed by atoms with van der Waals surface area (Å²) in [6.45, 7) is 4.05. The summed E-state index contributed by atoms with van der Waals surface area (Å²) in [6.07, 6.45) is 2.74. The van der Waals surface area contributed by atoms with Crippen molar-refractivity contribution in [3.05, 3.63) is 46.3 Å². The first-order valence-electron chi connectivity index (χ1n) is 9.70. The number of allylic oxidation sites excluding steroid dienone is 3. The number of ketones is 1. The lowest BCUT2D eigenvalue weighted by atomic mass is 9.75. The molecule has 0 amide bonds. The van der Waals surface area contributed by atoms with Crippen molar-refractivity contribution < 1.29 is 23.8 Å². The molecule has 1 heterocycles. The number of carbonyl (C=O) groups excluding carboxylic acids is 2. The van der Waals surface area contributed by atoms with Crippen molar-refractivity contribution in [3.63, 3.8) is 0 Å². The number of Topliss-reactive ketones (excluding diaryl/α,β-unsaturated/α-hetero) is 1. The molecular weight excluding hydrogens is 358 g/mol. The average molecular weight is 385 g/mol. The predicted molar refractivity (Wildman–Crippen MR) is 105 cm³/mol. The Kier molecular flexibility index (Phi) is 6.07. The molecule has 2 aliphatic rings. The number of rotatable bonds is 6. The minimum atomic E-state index is -0.474. The molecule has 6 heteroatoms. The van der Waals surface area contributed by atoms with Gasteiger partial charge < -0.3 is 19.5 Å². The van der Waals surface area contributed by atoms with Crippen LogP contribution in [0.3, 0.4) is 0 Å². The number of benzene rings is 1. The Labute approximate surface area is 165 Å². The smallest absolute Gasteiger partial charge is 0.336 e. The summed E-state index contributed by atoms with van der Waals surface area (Å²) in [5.41, 5.74) is 3.72. The molecule has 0 saturated heterocycles. The molecule has 150 valence electrons. The second-order valence-electron chi connectivity index (χ2n) is 6.81. The van der Waals surface area contributed by atoms with Gasteiger partial charge in [0.2, 0.25) is 0 Å². The fourth-order valence-corrected chi connectivity index (χ4v) is 3.99. The Morgan fingerprint density at radius 3 is 2.54 bits per heavy atom. The maximum absolute atomic E-state index is 12.9. The maximum Gasteiger partial charge on any atom is 0.336 e. The van der Waals surface area contributed by atoms with E-state index in [4.69, 9.17) is 14.2 Å². The Morgan fingerprint density at radius 2 is 1.89 bits per heavy atom. The van der Waals surface area contributed by atoms with Crippen molar-refractivity contribution in [1.29, 1.82) is 0 Å². The van der Waals surface area contributed by atoms with E-state index in [1.165, 1.54) is 0 Å². The Balaban J connectivity index is 2.21. The summed E-state index contributed by atoms with van der Waals surface area (Å²) in [5.74, 6) is 0.367. The van der Waals surface area contributed by atoms with Crippen LogP contribution in [0.2, 0.25) is 0 Å². The van der Waals surface area contributed by atoms with E-state index in [0.717, 1.165) is 29.8 Å². The van der Waals surface area contributed by atoms with Gasteiger partial charge in [0, 0.05) is 29.3 Å². The third-order valence-corrected chi connectivity index (χ3v) is 5.25. The van der Waals surface area contributed by atoms with E-state index in [1.54, 1.807) is 27.2 Å². The summed E-state index contributed by atoms with van der Waals surface area (Å²) in [7, 11) is 3.15. The first kappa shape index (κ1) is 20.0. The minimum absolute atomic E-state index is 0.0745. The third-order valence-electron chi connectivity index (χ3n) is 5.25. The molecule has 1 N–H and O–H groups in total. The van der Waals surface area contributed by atoms with Crippen LogP contribution in [-0.4, -0.2) is 32.6 Å². The molecule has 0 fully saturated rings. The van der Waals surface area contributed by atoms with E-state index in [0.29, 0.717) is 35.5 Å².